The van der Waals surface area contributed by atoms with E-state index in [0.717, 1.165) is 37.0 Å². The molecule has 0 bridgehead atoms. The van der Waals surface area contributed by atoms with Crippen molar-refractivity contribution in [3.63, 3.8) is 0 Å². The Kier molecular flexibility index (Phi) is 3.78. The number of nitriles is 1. The first-order chi connectivity index (χ1) is 10.9. The predicted molar refractivity (Wildman–Crippen MR) is 80.9 cm³/mol. The fraction of sp³-hybridized carbons (Fsp3) is 0.750. The summed E-state index contributed by atoms with van der Waals surface area (Å²) in [4.78, 5) is 38.0. The minimum Gasteiger partial charge on any atom is -0.336 e. The lowest BCUT2D eigenvalue weighted by Crippen LogP contribution is -2.52. The summed E-state index contributed by atoms with van der Waals surface area (Å²) >= 11 is 0. The normalized spacial score (nSPS) is 25.7. The number of imide groups is 1. The van der Waals surface area contributed by atoms with Gasteiger partial charge in [-0.1, -0.05) is 19.3 Å². The number of hydrogen-bond donors (Lipinski definition) is 2. The van der Waals surface area contributed by atoms with Gasteiger partial charge in [0.1, 0.15) is 17.6 Å². The molecule has 124 valence electrons. The van der Waals surface area contributed by atoms with Crippen LogP contribution >= 0.6 is 0 Å². The van der Waals surface area contributed by atoms with Gasteiger partial charge in [0.05, 0.1) is 6.07 Å². The van der Waals surface area contributed by atoms with Crippen LogP contribution in [0.4, 0.5) is 4.79 Å². The van der Waals surface area contributed by atoms with E-state index in [1.54, 1.807) is 6.92 Å². The maximum absolute atomic E-state index is 12.6. The van der Waals surface area contributed by atoms with Crippen LogP contribution < -0.4 is 10.6 Å². The maximum Gasteiger partial charge on any atom is 0.325 e. The largest absolute Gasteiger partial charge is 0.336 e. The number of urea groups is 1. The van der Waals surface area contributed by atoms with Crippen molar-refractivity contribution in [1.82, 2.24) is 15.5 Å². The number of carbonyl (C=O) groups is 3. The van der Waals surface area contributed by atoms with Crippen LogP contribution in [-0.2, 0) is 9.59 Å². The Balaban J connectivity index is 1.65. The molecule has 1 spiro atoms. The summed E-state index contributed by atoms with van der Waals surface area (Å²) in [5.41, 5.74) is -1.73. The number of nitrogens with one attached hydrogen (secondary N) is 2. The number of rotatable bonds is 4. The SMILES string of the molecule is C[C@](C#N)(NC(=O)CN1C(=O)NC2(CCCCC2)C1=O)C1CC1. The van der Waals surface area contributed by atoms with Gasteiger partial charge in [0.15, 0.2) is 0 Å². The maximum atomic E-state index is 12.6. The summed E-state index contributed by atoms with van der Waals surface area (Å²) in [7, 11) is 0. The molecule has 1 atom stereocenters. The van der Waals surface area contributed by atoms with E-state index in [1.807, 2.05) is 0 Å². The fourth-order valence-corrected chi connectivity index (χ4v) is 3.67. The van der Waals surface area contributed by atoms with E-state index in [4.69, 9.17) is 0 Å². The minimum atomic E-state index is -0.918. The van der Waals surface area contributed by atoms with Gasteiger partial charge in [0, 0.05) is 0 Å². The third kappa shape index (κ3) is 2.78. The van der Waals surface area contributed by atoms with Gasteiger partial charge in [-0.05, 0) is 38.5 Å². The average Bonchev–Trinajstić information content (AvgIpc) is 3.35. The van der Waals surface area contributed by atoms with E-state index in [-0.39, 0.29) is 18.4 Å². The lowest BCUT2D eigenvalue weighted by molar-refractivity contribution is -0.136. The van der Waals surface area contributed by atoms with E-state index in [0.29, 0.717) is 12.8 Å². The lowest BCUT2D eigenvalue weighted by atomic mass is 9.82. The zero-order chi connectivity index (χ0) is 16.7. The summed E-state index contributed by atoms with van der Waals surface area (Å²) < 4.78 is 0. The summed E-state index contributed by atoms with van der Waals surface area (Å²) in [5.74, 6) is -0.607. The zero-order valence-electron chi connectivity index (χ0n) is 13.4. The Hall–Kier alpha value is -2.10. The minimum absolute atomic E-state index is 0.157. The molecule has 7 nitrogen and oxygen atoms in total. The highest BCUT2D eigenvalue weighted by Gasteiger charge is 2.52. The molecule has 1 heterocycles. The highest BCUT2D eigenvalue weighted by Crippen LogP contribution is 2.39. The standard InChI is InChI=1S/C16H22N4O3/c1-15(10-17,11-5-6-11)18-12(21)9-20-13(22)16(19-14(20)23)7-3-2-4-8-16/h11H,2-9H2,1H3,(H,18,21)(H,19,23)/t15-/m1/s1. The molecule has 0 unspecified atom stereocenters. The topological polar surface area (TPSA) is 102 Å². The van der Waals surface area contributed by atoms with Gasteiger partial charge in [-0.3, -0.25) is 14.5 Å². The third-order valence-electron chi connectivity index (χ3n) is 5.28. The Labute approximate surface area is 135 Å². The van der Waals surface area contributed by atoms with Gasteiger partial charge < -0.3 is 10.6 Å². The number of carbonyl (C=O) groups excluding carboxylic acids is 3. The van der Waals surface area contributed by atoms with Gasteiger partial charge in [0.25, 0.3) is 5.91 Å². The first-order valence-corrected chi connectivity index (χ1v) is 8.27. The molecular formula is C16H22N4O3. The van der Waals surface area contributed by atoms with Crippen molar-refractivity contribution in [2.24, 2.45) is 5.92 Å². The third-order valence-corrected chi connectivity index (χ3v) is 5.28. The van der Waals surface area contributed by atoms with E-state index in [2.05, 4.69) is 16.7 Å². The molecule has 2 saturated carbocycles. The molecule has 2 aliphatic carbocycles. The molecule has 1 saturated heterocycles. The summed E-state index contributed by atoms with van der Waals surface area (Å²) in [6.07, 6.45) is 5.96. The highest BCUT2D eigenvalue weighted by atomic mass is 16.2. The Morgan fingerprint density at radius 1 is 1.39 bits per heavy atom. The smallest absolute Gasteiger partial charge is 0.325 e. The predicted octanol–water partition coefficient (Wildman–Crippen LogP) is 1.05. The van der Waals surface area contributed by atoms with Gasteiger partial charge in [0.2, 0.25) is 5.91 Å². The first-order valence-electron chi connectivity index (χ1n) is 8.27. The molecule has 0 aromatic heterocycles. The molecule has 4 amide bonds. The second-order valence-electron chi connectivity index (χ2n) is 7.10. The van der Waals surface area contributed by atoms with Gasteiger partial charge in [-0.25, -0.2) is 4.79 Å². The second kappa shape index (κ2) is 5.52. The number of amides is 4. The molecule has 0 aromatic carbocycles. The van der Waals surface area contributed by atoms with Crippen LogP contribution in [0.2, 0.25) is 0 Å². The van der Waals surface area contributed by atoms with Crippen LogP contribution in [0.3, 0.4) is 0 Å². The lowest BCUT2D eigenvalue weighted by Gasteiger charge is -2.30. The first kappa shape index (κ1) is 15.8. The molecule has 2 N–H and O–H groups in total. The fourth-order valence-electron chi connectivity index (χ4n) is 3.67. The molecule has 1 aliphatic heterocycles. The van der Waals surface area contributed by atoms with Crippen molar-refractivity contribution in [3.05, 3.63) is 0 Å². The molecule has 23 heavy (non-hydrogen) atoms. The van der Waals surface area contributed by atoms with Crippen molar-refractivity contribution in [1.29, 1.82) is 5.26 Å². The van der Waals surface area contributed by atoms with Crippen LogP contribution in [0, 0.1) is 17.2 Å². The van der Waals surface area contributed by atoms with Crippen molar-refractivity contribution < 1.29 is 14.4 Å². The van der Waals surface area contributed by atoms with E-state index in [1.165, 1.54) is 0 Å². The van der Waals surface area contributed by atoms with Crippen molar-refractivity contribution in [3.8, 4) is 6.07 Å². The Morgan fingerprint density at radius 3 is 2.61 bits per heavy atom. The molecule has 7 heteroatoms. The van der Waals surface area contributed by atoms with Crippen LogP contribution in [0.5, 0.6) is 0 Å². The molecule has 3 rings (SSSR count). The average molecular weight is 318 g/mol. The summed E-state index contributed by atoms with van der Waals surface area (Å²) in [6, 6.07) is 1.64. The molecule has 3 fully saturated rings. The van der Waals surface area contributed by atoms with Crippen molar-refractivity contribution in [2.45, 2.75) is 62.9 Å². The zero-order valence-corrected chi connectivity index (χ0v) is 13.4. The summed E-state index contributed by atoms with van der Waals surface area (Å²) in [6.45, 7) is 1.37. The highest BCUT2D eigenvalue weighted by molar-refractivity contribution is 6.09. The molecular weight excluding hydrogens is 296 g/mol. The summed E-state index contributed by atoms with van der Waals surface area (Å²) in [5, 5.41) is 14.8. The number of nitrogens with zero attached hydrogens (tertiary/aromatic N) is 2. The Bertz CT molecular complexity index is 587. The van der Waals surface area contributed by atoms with E-state index >= 15 is 0 Å². The molecule has 0 radical (unpaired) electrons. The molecule has 3 aliphatic rings. The van der Waals surface area contributed by atoms with Crippen molar-refractivity contribution >= 4 is 17.8 Å². The van der Waals surface area contributed by atoms with Crippen LogP contribution in [0.15, 0.2) is 0 Å². The second-order valence-corrected chi connectivity index (χ2v) is 7.10. The van der Waals surface area contributed by atoms with Crippen molar-refractivity contribution in [2.75, 3.05) is 6.54 Å². The van der Waals surface area contributed by atoms with Crippen LogP contribution in [0.1, 0.15) is 51.9 Å². The van der Waals surface area contributed by atoms with Gasteiger partial charge in [-0.2, -0.15) is 5.26 Å². The van der Waals surface area contributed by atoms with Crippen LogP contribution in [0.25, 0.3) is 0 Å². The number of hydrogen-bond acceptors (Lipinski definition) is 4. The van der Waals surface area contributed by atoms with Crippen LogP contribution in [-0.4, -0.2) is 40.4 Å². The van der Waals surface area contributed by atoms with Gasteiger partial charge >= 0.3 is 6.03 Å². The Morgan fingerprint density at radius 2 is 2.04 bits per heavy atom. The van der Waals surface area contributed by atoms with Gasteiger partial charge in [-0.15, -0.1) is 0 Å². The molecule has 0 aromatic rings. The van der Waals surface area contributed by atoms with E-state index in [9.17, 15) is 19.6 Å². The monoisotopic (exact) mass is 318 g/mol. The quantitative estimate of drug-likeness (QED) is 0.756. The van der Waals surface area contributed by atoms with E-state index < -0.39 is 23.0 Å².